The lowest BCUT2D eigenvalue weighted by Crippen LogP contribution is -2.22. The van der Waals surface area contributed by atoms with Crippen LogP contribution in [-0.2, 0) is 7.05 Å². The Morgan fingerprint density at radius 3 is 2.46 bits per heavy atom. The fraction of sp³-hybridized carbons (Fsp3) is 0.524. The molecule has 1 aromatic carbocycles. The zero-order valence-electron chi connectivity index (χ0n) is 16.0. The van der Waals surface area contributed by atoms with E-state index in [9.17, 15) is 4.79 Å². The normalized spacial score (nSPS) is 22.2. The molecule has 4 rings (SSSR count). The first-order valence-corrected chi connectivity index (χ1v) is 10.7. The van der Waals surface area contributed by atoms with Gasteiger partial charge in [0.15, 0.2) is 0 Å². The maximum Gasteiger partial charge on any atom is 0.250 e. The first-order valence-electron chi connectivity index (χ1n) is 9.99. The minimum absolute atomic E-state index is 0.315. The molecule has 2 saturated carbocycles. The Balaban J connectivity index is 1.35. The van der Waals surface area contributed by atoms with Gasteiger partial charge < -0.3 is 11.1 Å². The summed E-state index contributed by atoms with van der Waals surface area (Å²) in [6.45, 7) is 0.951. The molecule has 0 saturated heterocycles. The lowest BCUT2D eigenvalue weighted by Gasteiger charge is -2.30. The number of nitrogens with one attached hydrogen (secondary N) is 1. The van der Waals surface area contributed by atoms with Gasteiger partial charge in [-0.1, -0.05) is 23.2 Å². The van der Waals surface area contributed by atoms with Crippen molar-refractivity contribution in [3.05, 3.63) is 45.1 Å². The molecule has 3 N–H and O–H groups in total. The number of aromatic nitrogens is 2. The Hall–Kier alpha value is -1.72. The summed E-state index contributed by atoms with van der Waals surface area (Å²) < 4.78 is 1.95. The summed E-state index contributed by atoms with van der Waals surface area (Å²) in [5.41, 5.74) is 7.92. The van der Waals surface area contributed by atoms with E-state index < -0.39 is 5.91 Å². The van der Waals surface area contributed by atoms with E-state index in [1.807, 2.05) is 17.8 Å². The fourth-order valence-electron chi connectivity index (χ4n) is 4.25. The van der Waals surface area contributed by atoms with Crippen molar-refractivity contribution >= 4 is 34.9 Å². The predicted molar refractivity (Wildman–Crippen MR) is 113 cm³/mol. The molecule has 2 aliphatic rings. The van der Waals surface area contributed by atoms with Gasteiger partial charge in [-0.2, -0.15) is 5.10 Å². The van der Waals surface area contributed by atoms with Gasteiger partial charge in [0.1, 0.15) is 5.82 Å². The van der Waals surface area contributed by atoms with Crippen molar-refractivity contribution < 1.29 is 4.79 Å². The minimum Gasteiger partial charge on any atom is -0.370 e. The molecule has 0 unspecified atom stereocenters. The summed E-state index contributed by atoms with van der Waals surface area (Å²) in [5.74, 6) is 2.18. The summed E-state index contributed by atoms with van der Waals surface area (Å²) in [5, 5.41) is 9.17. The van der Waals surface area contributed by atoms with Gasteiger partial charge in [0.25, 0.3) is 0 Å². The molecule has 1 heterocycles. The van der Waals surface area contributed by atoms with E-state index in [4.69, 9.17) is 28.9 Å². The van der Waals surface area contributed by atoms with E-state index in [0.29, 0.717) is 33.4 Å². The van der Waals surface area contributed by atoms with Crippen molar-refractivity contribution in [2.75, 3.05) is 11.9 Å². The second-order valence-corrected chi connectivity index (χ2v) is 8.99. The van der Waals surface area contributed by atoms with Gasteiger partial charge in [-0.05, 0) is 68.1 Å². The Morgan fingerprint density at radius 2 is 1.82 bits per heavy atom. The zero-order valence-corrected chi connectivity index (χ0v) is 17.6. The van der Waals surface area contributed by atoms with Crippen LogP contribution in [0.15, 0.2) is 18.2 Å². The van der Waals surface area contributed by atoms with Crippen molar-refractivity contribution in [3.8, 4) is 0 Å². The summed E-state index contributed by atoms with van der Waals surface area (Å²) >= 11 is 12.6. The predicted octanol–water partition coefficient (Wildman–Crippen LogP) is 5.09. The zero-order chi connectivity index (χ0) is 19.8. The van der Waals surface area contributed by atoms with E-state index in [1.54, 1.807) is 6.07 Å². The van der Waals surface area contributed by atoms with Crippen molar-refractivity contribution in [1.29, 1.82) is 0 Å². The molecule has 28 heavy (non-hydrogen) atoms. The Bertz CT molecular complexity index is 883. The molecule has 0 atom stereocenters. The van der Waals surface area contributed by atoms with Gasteiger partial charge in [-0.25, -0.2) is 0 Å². The Morgan fingerprint density at radius 1 is 1.14 bits per heavy atom. The average molecular weight is 421 g/mol. The van der Waals surface area contributed by atoms with Crippen molar-refractivity contribution in [3.63, 3.8) is 0 Å². The van der Waals surface area contributed by atoms with Gasteiger partial charge in [0.2, 0.25) is 5.91 Å². The van der Waals surface area contributed by atoms with E-state index in [0.717, 1.165) is 43.6 Å². The molecule has 1 aromatic heterocycles. The van der Waals surface area contributed by atoms with Crippen molar-refractivity contribution in [1.82, 2.24) is 9.78 Å². The van der Waals surface area contributed by atoms with Crippen LogP contribution in [0.25, 0.3) is 0 Å². The lowest BCUT2D eigenvalue weighted by molar-refractivity contribution is 0.100. The number of hydrogen-bond acceptors (Lipinski definition) is 3. The summed E-state index contributed by atoms with van der Waals surface area (Å²) in [4.78, 5) is 11.6. The third-order valence-electron chi connectivity index (χ3n) is 6.08. The molecule has 150 valence electrons. The SMILES string of the molecule is Cn1nc(C2CC2)cc1NCC1CCC(c2cc(Cl)cc(C(N)=O)c2Cl)CC1. The van der Waals surface area contributed by atoms with Gasteiger partial charge in [0, 0.05) is 30.6 Å². The van der Waals surface area contributed by atoms with Gasteiger partial charge in [0.05, 0.1) is 16.3 Å². The Labute approximate surface area is 175 Å². The van der Waals surface area contributed by atoms with Crippen LogP contribution in [0.4, 0.5) is 5.82 Å². The molecular weight excluding hydrogens is 395 g/mol. The first kappa shape index (κ1) is 19.6. The number of benzene rings is 1. The number of primary amides is 1. The van der Waals surface area contributed by atoms with Crippen LogP contribution in [0.5, 0.6) is 0 Å². The molecule has 2 aliphatic carbocycles. The number of halogens is 2. The standard InChI is InChI=1S/C21H26Cl2N4O/c1-27-19(10-18(26-27)14-6-7-14)25-11-12-2-4-13(5-3-12)16-8-15(22)9-17(20(16)23)21(24)28/h8-10,12-14,25H,2-7,11H2,1H3,(H2,24,28). The van der Waals surface area contributed by atoms with Gasteiger partial charge in [-0.3, -0.25) is 9.48 Å². The maximum atomic E-state index is 11.6. The van der Waals surface area contributed by atoms with E-state index in [-0.39, 0.29) is 0 Å². The van der Waals surface area contributed by atoms with E-state index >= 15 is 0 Å². The second kappa shape index (κ2) is 7.96. The highest BCUT2D eigenvalue weighted by molar-refractivity contribution is 6.36. The molecule has 0 radical (unpaired) electrons. The molecule has 7 heteroatoms. The highest BCUT2D eigenvalue weighted by Gasteiger charge is 2.28. The number of anilines is 1. The third kappa shape index (κ3) is 4.15. The van der Waals surface area contributed by atoms with Crippen LogP contribution < -0.4 is 11.1 Å². The van der Waals surface area contributed by atoms with Crippen LogP contribution in [0.1, 0.15) is 72.0 Å². The third-order valence-corrected chi connectivity index (χ3v) is 6.72. The lowest BCUT2D eigenvalue weighted by atomic mass is 9.78. The average Bonchev–Trinajstić information content (AvgIpc) is 3.45. The molecule has 2 fully saturated rings. The quantitative estimate of drug-likeness (QED) is 0.683. The monoisotopic (exact) mass is 420 g/mol. The molecule has 0 bridgehead atoms. The highest BCUT2D eigenvalue weighted by atomic mass is 35.5. The van der Waals surface area contributed by atoms with Gasteiger partial charge in [-0.15, -0.1) is 0 Å². The fourth-order valence-corrected chi connectivity index (χ4v) is 4.83. The number of nitrogens with zero attached hydrogens (tertiary/aromatic N) is 2. The molecule has 0 aliphatic heterocycles. The second-order valence-electron chi connectivity index (χ2n) is 8.17. The number of hydrogen-bond donors (Lipinski definition) is 2. The van der Waals surface area contributed by atoms with Crippen molar-refractivity contribution in [2.45, 2.75) is 50.4 Å². The summed E-state index contributed by atoms with van der Waals surface area (Å²) in [6.07, 6.45) is 6.82. The van der Waals surface area contributed by atoms with Crippen LogP contribution in [0, 0.1) is 5.92 Å². The molecule has 1 amide bonds. The van der Waals surface area contributed by atoms with Crippen LogP contribution in [0.3, 0.4) is 0 Å². The molecule has 2 aromatic rings. The number of carbonyl (C=O) groups is 1. The van der Waals surface area contributed by atoms with Crippen LogP contribution >= 0.6 is 23.2 Å². The number of amides is 1. The smallest absolute Gasteiger partial charge is 0.250 e. The summed E-state index contributed by atoms with van der Waals surface area (Å²) in [6, 6.07) is 5.63. The van der Waals surface area contributed by atoms with E-state index in [1.165, 1.54) is 18.5 Å². The first-order chi connectivity index (χ1) is 13.4. The van der Waals surface area contributed by atoms with Gasteiger partial charge >= 0.3 is 0 Å². The van der Waals surface area contributed by atoms with Crippen molar-refractivity contribution in [2.24, 2.45) is 18.7 Å². The van der Waals surface area contributed by atoms with Crippen LogP contribution in [-0.4, -0.2) is 22.2 Å². The maximum absolute atomic E-state index is 11.6. The number of aryl methyl sites for hydroxylation is 1. The molecule has 0 spiro atoms. The number of carbonyl (C=O) groups excluding carboxylic acids is 1. The number of nitrogens with two attached hydrogens (primary N) is 1. The topological polar surface area (TPSA) is 72.9 Å². The van der Waals surface area contributed by atoms with Crippen LogP contribution in [0.2, 0.25) is 10.0 Å². The van der Waals surface area contributed by atoms with E-state index in [2.05, 4.69) is 16.5 Å². The molecular formula is C21H26Cl2N4O. The largest absolute Gasteiger partial charge is 0.370 e. The minimum atomic E-state index is -0.534. The highest BCUT2D eigenvalue weighted by Crippen LogP contribution is 2.42. The molecule has 5 nitrogen and oxygen atoms in total. The Kier molecular flexibility index (Phi) is 5.57. The number of rotatable bonds is 6. The summed E-state index contributed by atoms with van der Waals surface area (Å²) in [7, 11) is 2.00.